The number of benzene rings is 2. The minimum atomic E-state index is -0.477. The van der Waals surface area contributed by atoms with Gasteiger partial charge in [0.2, 0.25) is 11.6 Å². The van der Waals surface area contributed by atoms with Crippen molar-refractivity contribution in [3.05, 3.63) is 65.2 Å². The molecule has 1 aliphatic rings. The lowest BCUT2D eigenvalue weighted by Gasteiger charge is -2.18. The highest BCUT2D eigenvalue weighted by Crippen LogP contribution is 2.34. The van der Waals surface area contributed by atoms with Crippen LogP contribution in [0.5, 0.6) is 0 Å². The first-order chi connectivity index (χ1) is 9.72. The zero-order valence-electron chi connectivity index (χ0n) is 10.5. The van der Waals surface area contributed by atoms with E-state index in [2.05, 4.69) is 0 Å². The quantitative estimate of drug-likeness (QED) is 0.583. The Labute approximate surface area is 115 Å². The third kappa shape index (κ3) is 1.75. The van der Waals surface area contributed by atoms with E-state index in [-0.39, 0.29) is 0 Å². The fourth-order valence-electron chi connectivity index (χ4n) is 2.38. The SMILES string of the molecule is N#CC=Cc1ccc2c(c1)-c1ccccc1C(=O)C2=O. The van der Waals surface area contributed by atoms with Gasteiger partial charge >= 0.3 is 0 Å². The number of Topliss-reactive ketones (excluding diaryl/α,β-unsaturated/α-hetero) is 2. The van der Waals surface area contributed by atoms with Gasteiger partial charge in [0.25, 0.3) is 0 Å². The smallest absolute Gasteiger partial charge is 0.234 e. The van der Waals surface area contributed by atoms with Gasteiger partial charge in [-0.2, -0.15) is 5.26 Å². The summed E-state index contributed by atoms with van der Waals surface area (Å²) in [6.07, 6.45) is 3.05. The molecule has 0 bridgehead atoms. The minimum absolute atomic E-state index is 0.419. The van der Waals surface area contributed by atoms with Crippen LogP contribution in [0.4, 0.5) is 0 Å². The normalized spacial score (nSPS) is 12.9. The highest BCUT2D eigenvalue weighted by Gasteiger charge is 2.29. The van der Waals surface area contributed by atoms with Crippen LogP contribution in [0.15, 0.2) is 48.5 Å². The fourth-order valence-corrected chi connectivity index (χ4v) is 2.38. The summed E-state index contributed by atoms with van der Waals surface area (Å²) in [5.41, 5.74) is 3.18. The Bertz CT molecular complexity index is 810. The van der Waals surface area contributed by atoms with Gasteiger partial charge in [-0.25, -0.2) is 0 Å². The molecule has 20 heavy (non-hydrogen) atoms. The molecule has 0 N–H and O–H groups in total. The van der Waals surface area contributed by atoms with Crippen LogP contribution in [0.25, 0.3) is 17.2 Å². The van der Waals surface area contributed by atoms with Crippen molar-refractivity contribution >= 4 is 17.6 Å². The number of nitriles is 1. The molecule has 3 heteroatoms. The maximum Gasteiger partial charge on any atom is 0.234 e. The summed E-state index contributed by atoms with van der Waals surface area (Å²) in [4.78, 5) is 24.1. The summed E-state index contributed by atoms with van der Waals surface area (Å²) >= 11 is 0. The van der Waals surface area contributed by atoms with Crippen molar-refractivity contribution in [2.24, 2.45) is 0 Å². The summed E-state index contributed by atoms with van der Waals surface area (Å²) in [5, 5.41) is 8.56. The van der Waals surface area contributed by atoms with Crippen LogP contribution >= 0.6 is 0 Å². The second-order valence-electron chi connectivity index (χ2n) is 4.47. The van der Waals surface area contributed by atoms with Crippen molar-refractivity contribution in [1.82, 2.24) is 0 Å². The van der Waals surface area contributed by atoms with E-state index in [4.69, 9.17) is 5.26 Å². The van der Waals surface area contributed by atoms with Crippen molar-refractivity contribution in [1.29, 1.82) is 5.26 Å². The Morgan fingerprint density at radius 1 is 0.850 bits per heavy atom. The van der Waals surface area contributed by atoms with E-state index in [9.17, 15) is 9.59 Å². The number of ketones is 2. The lowest BCUT2D eigenvalue weighted by molar-refractivity contribution is 0.0815. The number of hydrogen-bond donors (Lipinski definition) is 0. The molecule has 1 aliphatic carbocycles. The Morgan fingerprint density at radius 2 is 1.50 bits per heavy atom. The van der Waals surface area contributed by atoms with Crippen LogP contribution in [-0.2, 0) is 0 Å². The van der Waals surface area contributed by atoms with Gasteiger partial charge in [-0.05, 0) is 34.9 Å². The first-order valence-corrected chi connectivity index (χ1v) is 6.11. The Kier molecular flexibility index (Phi) is 2.77. The lowest BCUT2D eigenvalue weighted by atomic mass is 9.83. The number of fused-ring (bicyclic) bond motifs is 3. The maximum absolute atomic E-state index is 12.1. The molecule has 0 aliphatic heterocycles. The second kappa shape index (κ2) is 4.60. The van der Waals surface area contributed by atoms with Crippen LogP contribution in [-0.4, -0.2) is 11.6 Å². The Balaban J connectivity index is 2.26. The van der Waals surface area contributed by atoms with E-state index in [1.165, 1.54) is 6.08 Å². The van der Waals surface area contributed by atoms with Crippen LogP contribution in [0.2, 0.25) is 0 Å². The molecule has 3 rings (SSSR count). The van der Waals surface area contributed by atoms with Gasteiger partial charge in [-0.15, -0.1) is 0 Å². The molecule has 94 valence electrons. The number of rotatable bonds is 1. The van der Waals surface area contributed by atoms with E-state index >= 15 is 0 Å². The number of carbonyl (C=O) groups is 2. The largest absolute Gasteiger partial charge is 0.285 e. The van der Waals surface area contributed by atoms with Crippen LogP contribution in [0.3, 0.4) is 0 Å². The molecule has 0 heterocycles. The molecule has 0 unspecified atom stereocenters. The van der Waals surface area contributed by atoms with Gasteiger partial charge in [-0.3, -0.25) is 9.59 Å². The summed E-state index contributed by atoms with van der Waals surface area (Å²) in [6.45, 7) is 0. The Hall–Kier alpha value is -2.99. The summed E-state index contributed by atoms with van der Waals surface area (Å²) in [6, 6.07) is 14.2. The van der Waals surface area contributed by atoms with E-state index < -0.39 is 11.6 Å². The molecule has 0 amide bonds. The standard InChI is InChI=1S/C17H9NO2/c18-9-3-4-11-7-8-14-15(10-11)12-5-1-2-6-13(12)16(19)17(14)20/h1-8,10H. The Morgan fingerprint density at radius 3 is 2.20 bits per heavy atom. The third-order valence-electron chi connectivity index (χ3n) is 3.31. The molecule has 0 fully saturated rings. The van der Waals surface area contributed by atoms with Crippen molar-refractivity contribution in [2.75, 3.05) is 0 Å². The minimum Gasteiger partial charge on any atom is -0.285 e. The van der Waals surface area contributed by atoms with Crippen molar-refractivity contribution in [3.63, 3.8) is 0 Å². The monoisotopic (exact) mass is 259 g/mol. The van der Waals surface area contributed by atoms with Crippen LogP contribution in [0, 0.1) is 11.3 Å². The molecule has 0 spiro atoms. The average molecular weight is 259 g/mol. The topological polar surface area (TPSA) is 57.9 Å². The van der Waals surface area contributed by atoms with Gasteiger partial charge in [0.15, 0.2) is 0 Å². The molecule has 0 saturated heterocycles. The van der Waals surface area contributed by atoms with Crippen molar-refractivity contribution in [2.45, 2.75) is 0 Å². The second-order valence-corrected chi connectivity index (χ2v) is 4.47. The maximum atomic E-state index is 12.1. The van der Waals surface area contributed by atoms with E-state index in [1.807, 2.05) is 24.3 Å². The van der Waals surface area contributed by atoms with Gasteiger partial charge < -0.3 is 0 Å². The summed E-state index contributed by atoms with van der Waals surface area (Å²) in [7, 11) is 0. The molecule has 2 aromatic carbocycles. The zero-order valence-corrected chi connectivity index (χ0v) is 10.5. The first-order valence-electron chi connectivity index (χ1n) is 6.11. The van der Waals surface area contributed by atoms with Crippen LogP contribution in [0.1, 0.15) is 26.3 Å². The molecule has 0 saturated carbocycles. The average Bonchev–Trinajstić information content (AvgIpc) is 2.50. The zero-order chi connectivity index (χ0) is 14.1. The number of hydrogen-bond acceptors (Lipinski definition) is 3. The highest BCUT2D eigenvalue weighted by molar-refractivity contribution is 6.53. The van der Waals surface area contributed by atoms with Crippen molar-refractivity contribution < 1.29 is 9.59 Å². The highest BCUT2D eigenvalue weighted by atomic mass is 16.2. The predicted octanol–water partition coefficient (Wildman–Crippen LogP) is 3.27. The third-order valence-corrected chi connectivity index (χ3v) is 3.31. The van der Waals surface area contributed by atoms with E-state index in [0.29, 0.717) is 11.1 Å². The predicted molar refractivity (Wildman–Crippen MR) is 75.2 cm³/mol. The first kappa shape index (κ1) is 12.1. The molecular formula is C17H9NO2. The fraction of sp³-hybridized carbons (Fsp3) is 0. The van der Waals surface area contributed by atoms with Gasteiger partial charge in [-0.1, -0.05) is 30.3 Å². The van der Waals surface area contributed by atoms with E-state index in [1.54, 1.807) is 30.3 Å². The molecular weight excluding hydrogens is 250 g/mol. The summed E-state index contributed by atoms with van der Waals surface area (Å²) < 4.78 is 0. The molecule has 0 radical (unpaired) electrons. The molecule has 0 atom stereocenters. The molecule has 3 nitrogen and oxygen atoms in total. The van der Waals surface area contributed by atoms with Gasteiger partial charge in [0.1, 0.15) is 0 Å². The van der Waals surface area contributed by atoms with E-state index in [0.717, 1.165) is 16.7 Å². The van der Waals surface area contributed by atoms with Gasteiger partial charge in [0.05, 0.1) is 6.07 Å². The molecule has 2 aromatic rings. The number of nitrogens with zero attached hydrogens (tertiary/aromatic N) is 1. The summed E-state index contributed by atoms with van der Waals surface area (Å²) in [5.74, 6) is -0.942. The molecule has 0 aromatic heterocycles. The van der Waals surface area contributed by atoms with Crippen molar-refractivity contribution in [3.8, 4) is 17.2 Å². The number of allylic oxidation sites excluding steroid dienone is 1. The number of carbonyl (C=O) groups excluding carboxylic acids is 2. The lowest BCUT2D eigenvalue weighted by Crippen LogP contribution is -2.21. The van der Waals surface area contributed by atoms with Gasteiger partial charge in [0, 0.05) is 17.2 Å². The van der Waals surface area contributed by atoms with Crippen LogP contribution < -0.4 is 0 Å².